The number of rotatable bonds is 5. The first-order chi connectivity index (χ1) is 13.2. The molecular formula is C18H16ClF3N2O3S. The Morgan fingerprint density at radius 2 is 1.86 bits per heavy atom. The summed E-state index contributed by atoms with van der Waals surface area (Å²) in [6, 6.07) is 6.55. The summed E-state index contributed by atoms with van der Waals surface area (Å²) in [6.45, 7) is -0.730. The van der Waals surface area contributed by atoms with Gasteiger partial charge in [0, 0.05) is 30.1 Å². The first-order valence-electron chi connectivity index (χ1n) is 8.31. The van der Waals surface area contributed by atoms with E-state index in [0.29, 0.717) is 0 Å². The first-order valence-corrected chi connectivity index (χ1v) is 10.1. The van der Waals surface area contributed by atoms with E-state index in [0.717, 1.165) is 34.6 Å². The molecule has 0 aromatic heterocycles. The minimum atomic E-state index is -4.21. The highest BCUT2D eigenvalue weighted by molar-refractivity contribution is 7.89. The molecule has 28 heavy (non-hydrogen) atoms. The van der Waals surface area contributed by atoms with Crippen LogP contribution in [-0.2, 0) is 21.4 Å². The molecule has 5 nitrogen and oxygen atoms in total. The molecule has 1 aliphatic rings. The van der Waals surface area contributed by atoms with Crippen LogP contribution in [0.25, 0.3) is 0 Å². The second-order valence-corrected chi connectivity index (χ2v) is 8.66. The van der Waals surface area contributed by atoms with E-state index in [1.54, 1.807) is 0 Å². The Balaban J connectivity index is 1.78. The third-order valence-corrected chi connectivity index (χ3v) is 6.51. The molecule has 2 aromatic carbocycles. The van der Waals surface area contributed by atoms with Crippen LogP contribution in [0, 0.1) is 11.6 Å². The van der Waals surface area contributed by atoms with Gasteiger partial charge in [-0.1, -0.05) is 11.6 Å². The standard InChI is InChI=1S/C18H16ClF3N2O3S/c19-12-1-6-16(22)11(7-12)9-23-18(25)17-8-14(21)10-24(17)28(26,27)15-4-2-13(20)3-5-15/h1-7,14,17H,8-10H2,(H,23,25)/t14-,17+/m1/s1. The molecule has 1 fully saturated rings. The van der Waals surface area contributed by atoms with Gasteiger partial charge in [-0.15, -0.1) is 0 Å². The summed E-state index contributed by atoms with van der Waals surface area (Å²) in [5.74, 6) is -1.97. The van der Waals surface area contributed by atoms with E-state index in [1.165, 1.54) is 12.1 Å². The average Bonchev–Trinajstić information content (AvgIpc) is 3.05. The highest BCUT2D eigenvalue weighted by Gasteiger charge is 2.44. The number of nitrogens with one attached hydrogen (secondary N) is 1. The number of benzene rings is 2. The Bertz CT molecular complexity index is 986. The zero-order valence-electron chi connectivity index (χ0n) is 14.4. The molecule has 150 valence electrons. The van der Waals surface area contributed by atoms with Crippen LogP contribution in [0.3, 0.4) is 0 Å². The molecule has 0 aliphatic carbocycles. The van der Waals surface area contributed by atoms with Gasteiger partial charge < -0.3 is 5.32 Å². The van der Waals surface area contributed by atoms with Crippen molar-refractivity contribution >= 4 is 27.5 Å². The lowest BCUT2D eigenvalue weighted by molar-refractivity contribution is -0.124. The maximum atomic E-state index is 14.0. The van der Waals surface area contributed by atoms with E-state index in [-0.39, 0.29) is 28.4 Å². The quantitative estimate of drug-likeness (QED) is 0.789. The Morgan fingerprint density at radius 3 is 2.54 bits per heavy atom. The van der Waals surface area contributed by atoms with Crippen molar-refractivity contribution in [1.82, 2.24) is 9.62 Å². The largest absolute Gasteiger partial charge is 0.351 e. The number of alkyl halides is 1. The van der Waals surface area contributed by atoms with Crippen LogP contribution in [0.15, 0.2) is 47.4 Å². The first kappa shape index (κ1) is 20.6. The normalized spacial score (nSPS) is 20.3. The monoisotopic (exact) mass is 432 g/mol. The SMILES string of the molecule is O=C(NCc1cc(Cl)ccc1F)[C@@H]1C[C@@H](F)CN1S(=O)(=O)c1ccc(F)cc1. The molecule has 1 aliphatic heterocycles. The van der Waals surface area contributed by atoms with Crippen LogP contribution in [0.5, 0.6) is 0 Å². The summed E-state index contributed by atoms with van der Waals surface area (Å²) in [6.07, 6.45) is -1.86. The molecule has 2 aromatic rings. The van der Waals surface area contributed by atoms with Crippen molar-refractivity contribution in [3.05, 3.63) is 64.7 Å². The smallest absolute Gasteiger partial charge is 0.243 e. The maximum Gasteiger partial charge on any atom is 0.243 e. The molecule has 0 saturated carbocycles. The molecule has 0 radical (unpaired) electrons. The summed E-state index contributed by atoms with van der Waals surface area (Å²) in [7, 11) is -4.21. The highest BCUT2D eigenvalue weighted by atomic mass is 35.5. The minimum Gasteiger partial charge on any atom is -0.351 e. The summed E-state index contributed by atoms with van der Waals surface area (Å²) in [5.41, 5.74) is 0.114. The Morgan fingerprint density at radius 1 is 1.18 bits per heavy atom. The highest BCUT2D eigenvalue weighted by Crippen LogP contribution is 2.28. The van der Waals surface area contributed by atoms with E-state index in [1.807, 2.05) is 0 Å². The fourth-order valence-electron chi connectivity index (χ4n) is 2.98. The van der Waals surface area contributed by atoms with Gasteiger partial charge in [-0.25, -0.2) is 21.6 Å². The molecular weight excluding hydrogens is 417 g/mol. The van der Waals surface area contributed by atoms with Crippen LogP contribution in [0.1, 0.15) is 12.0 Å². The van der Waals surface area contributed by atoms with E-state index < -0.39 is 46.3 Å². The van der Waals surface area contributed by atoms with Gasteiger partial charge >= 0.3 is 0 Å². The van der Waals surface area contributed by atoms with Gasteiger partial charge in [-0.05, 0) is 42.5 Å². The van der Waals surface area contributed by atoms with Crippen LogP contribution in [-0.4, -0.2) is 37.4 Å². The van der Waals surface area contributed by atoms with Gasteiger partial charge in [0.05, 0.1) is 4.90 Å². The Kier molecular flexibility index (Phi) is 5.97. The molecule has 2 atom stereocenters. The predicted octanol–water partition coefficient (Wildman–Crippen LogP) is 3.04. The summed E-state index contributed by atoms with van der Waals surface area (Å²) >= 11 is 5.80. The van der Waals surface area contributed by atoms with Gasteiger partial charge in [-0.2, -0.15) is 4.31 Å². The second-order valence-electron chi connectivity index (χ2n) is 6.33. The van der Waals surface area contributed by atoms with Gasteiger partial charge in [0.15, 0.2) is 0 Å². The molecule has 1 N–H and O–H groups in total. The van der Waals surface area contributed by atoms with E-state index in [9.17, 15) is 26.4 Å². The minimum absolute atomic E-state index is 0.114. The van der Waals surface area contributed by atoms with Crippen LogP contribution >= 0.6 is 11.6 Å². The number of carbonyl (C=O) groups is 1. The molecule has 0 spiro atoms. The fourth-order valence-corrected chi connectivity index (χ4v) is 4.80. The lowest BCUT2D eigenvalue weighted by Gasteiger charge is -2.23. The van der Waals surface area contributed by atoms with Crippen LogP contribution in [0.2, 0.25) is 5.02 Å². The predicted molar refractivity (Wildman–Crippen MR) is 96.8 cm³/mol. The number of hydrogen-bond donors (Lipinski definition) is 1. The van der Waals surface area contributed by atoms with Crippen molar-refractivity contribution in [1.29, 1.82) is 0 Å². The van der Waals surface area contributed by atoms with Crippen molar-refractivity contribution in [2.24, 2.45) is 0 Å². The number of nitrogens with zero attached hydrogens (tertiary/aromatic N) is 1. The summed E-state index contributed by atoms with van der Waals surface area (Å²) in [5, 5.41) is 2.70. The maximum absolute atomic E-state index is 14.0. The van der Waals surface area contributed by atoms with Crippen LogP contribution < -0.4 is 5.32 Å². The number of sulfonamides is 1. The lowest BCUT2D eigenvalue weighted by Crippen LogP contribution is -2.45. The number of amides is 1. The molecule has 1 heterocycles. The van der Waals surface area contributed by atoms with Crippen molar-refractivity contribution in [3.63, 3.8) is 0 Å². The second kappa shape index (κ2) is 8.10. The van der Waals surface area contributed by atoms with E-state index in [4.69, 9.17) is 11.6 Å². The molecule has 1 amide bonds. The molecule has 3 rings (SSSR count). The Labute approximate surface area is 165 Å². The topological polar surface area (TPSA) is 66.5 Å². The van der Waals surface area contributed by atoms with E-state index >= 15 is 0 Å². The average molecular weight is 433 g/mol. The molecule has 0 bridgehead atoms. The lowest BCUT2D eigenvalue weighted by atomic mass is 10.2. The Hall–Kier alpha value is -2.10. The summed E-state index contributed by atoms with van der Waals surface area (Å²) < 4.78 is 67.1. The van der Waals surface area contributed by atoms with Crippen molar-refractivity contribution in [2.45, 2.75) is 30.1 Å². The molecule has 0 unspecified atom stereocenters. The van der Waals surface area contributed by atoms with Gasteiger partial charge in [0.25, 0.3) is 0 Å². The van der Waals surface area contributed by atoms with E-state index in [2.05, 4.69) is 5.32 Å². The van der Waals surface area contributed by atoms with Crippen LogP contribution in [0.4, 0.5) is 13.2 Å². The number of hydrogen-bond acceptors (Lipinski definition) is 3. The summed E-state index contributed by atoms with van der Waals surface area (Å²) in [4.78, 5) is 12.3. The fraction of sp³-hybridized carbons (Fsp3) is 0.278. The number of carbonyl (C=O) groups excluding carboxylic acids is 1. The molecule has 1 saturated heterocycles. The van der Waals surface area contributed by atoms with Crippen molar-refractivity contribution in [3.8, 4) is 0 Å². The van der Waals surface area contributed by atoms with Gasteiger partial charge in [-0.3, -0.25) is 4.79 Å². The zero-order valence-corrected chi connectivity index (χ0v) is 16.0. The van der Waals surface area contributed by atoms with Crippen molar-refractivity contribution in [2.75, 3.05) is 6.54 Å². The molecule has 10 heteroatoms. The third-order valence-electron chi connectivity index (χ3n) is 4.39. The van der Waals surface area contributed by atoms with Gasteiger partial charge in [0.1, 0.15) is 23.8 Å². The zero-order chi connectivity index (χ0) is 20.5. The van der Waals surface area contributed by atoms with Crippen molar-refractivity contribution < 1.29 is 26.4 Å². The third kappa shape index (κ3) is 4.31. The van der Waals surface area contributed by atoms with Gasteiger partial charge in [0.2, 0.25) is 15.9 Å². The number of halogens is 4.